The number of hydrogen-bond donors (Lipinski definition) is 0. The summed E-state index contributed by atoms with van der Waals surface area (Å²) in [5.74, 6) is 1.47. The minimum absolute atomic E-state index is 0.0188. The average Bonchev–Trinajstić information content (AvgIpc) is 2.95. The summed E-state index contributed by atoms with van der Waals surface area (Å²) in [6.45, 7) is 8.66. The quantitative estimate of drug-likeness (QED) is 0.866. The Bertz CT molecular complexity index is 674. The van der Waals surface area contributed by atoms with Crippen molar-refractivity contribution in [1.82, 2.24) is 24.2 Å². The van der Waals surface area contributed by atoms with Gasteiger partial charge in [0.1, 0.15) is 5.82 Å². The van der Waals surface area contributed by atoms with Gasteiger partial charge in [-0.2, -0.15) is 5.10 Å². The molecular weight excluding hydrogens is 278 g/mol. The molecule has 3 heterocycles. The van der Waals surface area contributed by atoms with Crippen LogP contribution in [0.3, 0.4) is 0 Å². The van der Waals surface area contributed by atoms with E-state index in [2.05, 4.69) is 28.5 Å². The maximum absolute atomic E-state index is 12.4. The zero-order chi connectivity index (χ0) is 15.9. The summed E-state index contributed by atoms with van der Waals surface area (Å²) in [4.78, 5) is 18.8. The zero-order valence-corrected chi connectivity index (χ0v) is 13.7. The van der Waals surface area contributed by atoms with Crippen LogP contribution in [-0.2, 0) is 13.6 Å². The van der Waals surface area contributed by atoms with E-state index in [1.165, 1.54) is 5.69 Å². The van der Waals surface area contributed by atoms with E-state index in [0.717, 1.165) is 37.6 Å². The highest BCUT2D eigenvalue weighted by Crippen LogP contribution is 2.28. The van der Waals surface area contributed by atoms with Gasteiger partial charge in [-0.05, 0) is 26.3 Å². The minimum atomic E-state index is 0.0188. The molecule has 0 spiro atoms. The molecule has 0 N–H and O–H groups in total. The van der Waals surface area contributed by atoms with Gasteiger partial charge in [-0.15, -0.1) is 0 Å². The van der Waals surface area contributed by atoms with Crippen LogP contribution in [0, 0.1) is 13.8 Å². The van der Waals surface area contributed by atoms with Gasteiger partial charge in [0.15, 0.2) is 5.69 Å². The summed E-state index contributed by atoms with van der Waals surface area (Å²) in [7, 11) is 1.86. The largest absolute Gasteiger partial charge is 0.336 e. The Hall–Kier alpha value is -2.11. The molecule has 2 aromatic rings. The molecule has 22 heavy (non-hydrogen) atoms. The van der Waals surface area contributed by atoms with Crippen molar-refractivity contribution in [3.05, 3.63) is 35.2 Å². The van der Waals surface area contributed by atoms with Crippen LogP contribution >= 0.6 is 0 Å². The number of rotatable bonds is 4. The predicted octanol–water partition coefficient (Wildman–Crippen LogP) is 1.88. The summed E-state index contributed by atoms with van der Waals surface area (Å²) in [5.41, 5.74) is 2.73. The fraction of sp³-hybridized carbons (Fsp3) is 0.562. The summed E-state index contributed by atoms with van der Waals surface area (Å²) in [6.07, 6.45) is 3.02. The molecular formula is C16H23N5O. The molecule has 3 rings (SSSR count). The molecule has 1 fully saturated rings. The van der Waals surface area contributed by atoms with Gasteiger partial charge in [0.05, 0.1) is 5.92 Å². The minimum Gasteiger partial charge on any atom is -0.336 e. The molecule has 1 aliphatic rings. The van der Waals surface area contributed by atoms with Crippen molar-refractivity contribution in [2.24, 2.45) is 7.05 Å². The summed E-state index contributed by atoms with van der Waals surface area (Å²) in [5, 5.41) is 4.27. The van der Waals surface area contributed by atoms with Crippen molar-refractivity contribution in [2.45, 2.75) is 39.7 Å². The van der Waals surface area contributed by atoms with Gasteiger partial charge >= 0.3 is 0 Å². The van der Waals surface area contributed by atoms with E-state index in [-0.39, 0.29) is 5.91 Å². The Labute approximate surface area is 130 Å². The van der Waals surface area contributed by atoms with Crippen molar-refractivity contribution in [3.63, 3.8) is 0 Å². The number of hydrogen-bond acceptors (Lipinski definition) is 3. The Morgan fingerprint density at radius 2 is 2.05 bits per heavy atom. The van der Waals surface area contributed by atoms with Crippen LogP contribution in [0.1, 0.15) is 47.0 Å². The predicted molar refractivity (Wildman–Crippen MR) is 83.8 cm³/mol. The third-order valence-corrected chi connectivity index (χ3v) is 4.40. The number of imidazole rings is 1. The molecule has 0 radical (unpaired) electrons. The number of carbonyl (C=O) groups is 1. The van der Waals surface area contributed by atoms with Crippen molar-refractivity contribution >= 4 is 5.91 Å². The maximum atomic E-state index is 12.4. The van der Waals surface area contributed by atoms with Gasteiger partial charge in [0.25, 0.3) is 5.91 Å². The van der Waals surface area contributed by atoms with Crippen molar-refractivity contribution in [1.29, 1.82) is 0 Å². The topological polar surface area (TPSA) is 56.0 Å². The monoisotopic (exact) mass is 301 g/mol. The van der Waals surface area contributed by atoms with Crippen LogP contribution < -0.4 is 0 Å². The molecule has 1 aliphatic heterocycles. The highest BCUT2D eigenvalue weighted by molar-refractivity contribution is 5.93. The van der Waals surface area contributed by atoms with Crippen molar-refractivity contribution < 1.29 is 4.79 Å². The molecule has 0 atom stereocenters. The summed E-state index contributed by atoms with van der Waals surface area (Å²) < 4.78 is 4.01. The van der Waals surface area contributed by atoms with E-state index >= 15 is 0 Å². The van der Waals surface area contributed by atoms with Crippen LogP contribution in [0.25, 0.3) is 0 Å². The lowest BCUT2D eigenvalue weighted by molar-refractivity contribution is 0.0584. The van der Waals surface area contributed by atoms with Crippen LogP contribution in [0.2, 0.25) is 0 Å². The third kappa shape index (κ3) is 2.42. The fourth-order valence-corrected chi connectivity index (χ4v) is 2.95. The van der Waals surface area contributed by atoms with Gasteiger partial charge < -0.3 is 9.47 Å². The smallest absolute Gasteiger partial charge is 0.274 e. The molecule has 0 aromatic carbocycles. The summed E-state index contributed by atoms with van der Waals surface area (Å²) >= 11 is 0. The second-order valence-electron chi connectivity index (χ2n) is 6.11. The molecule has 6 nitrogen and oxygen atoms in total. The van der Waals surface area contributed by atoms with Gasteiger partial charge in [0, 0.05) is 44.3 Å². The number of aryl methyl sites for hydroxylation is 3. The van der Waals surface area contributed by atoms with E-state index in [4.69, 9.17) is 0 Å². The molecule has 1 saturated heterocycles. The van der Waals surface area contributed by atoms with Crippen LogP contribution in [0.15, 0.2) is 12.3 Å². The van der Waals surface area contributed by atoms with Gasteiger partial charge in [-0.3, -0.25) is 9.48 Å². The first-order valence-corrected chi connectivity index (χ1v) is 7.83. The second-order valence-corrected chi connectivity index (χ2v) is 6.11. The van der Waals surface area contributed by atoms with E-state index in [1.54, 1.807) is 4.68 Å². The molecule has 118 valence electrons. The lowest BCUT2D eigenvalue weighted by Gasteiger charge is -2.38. The number of carbonyl (C=O) groups excluding carboxylic acids is 1. The molecule has 0 bridgehead atoms. The molecule has 0 saturated carbocycles. The maximum Gasteiger partial charge on any atom is 0.274 e. The first-order valence-electron chi connectivity index (χ1n) is 7.83. The highest BCUT2D eigenvalue weighted by atomic mass is 16.2. The van der Waals surface area contributed by atoms with Gasteiger partial charge in [0.2, 0.25) is 0 Å². The molecule has 2 aromatic heterocycles. The second kappa shape index (κ2) is 5.59. The summed E-state index contributed by atoms with van der Waals surface area (Å²) in [6, 6.07) is 1.85. The SMILES string of the molecule is CCCn1c(C)cnc1C1CN(C(=O)c2cc(C)n(C)n2)C1. The zero-order valence-electron chi connectivity index (χ0n) is 13.7. The van der Waals surface area contributed by atoms with E-state index in [9.17, 15) is 4.79 Å². The number of amides is 1. The average molecular weight is 301 g/mol. The lowest BCUT2D eigenvalue weighted by atomic mass is 9.98. The number of likely N-dealkylation sites (tertiary alicyclic amines) is 1. The fourth-order valence-electron chi connectivity index (χ4n) is 2.95. The first-order chi connectivity index (χ1) is 10.5. The van der Waals surface area contributed by atoms with E-state index < -0.39 is 0 Å². The Balaban J connectivity index is 1.68. The normalized spacial score (nSPS) is 15.2. The van der Waals surface area contributed by atoms with E-state index in [1.807, 2.05) is 31.1 Å². The highest BCUT2D eigenvalue weighted by Gasteiger charge is 2.36. The van der Waals surface area contributed by atoms with Gasteiger partial charge in [-0.1, -0.05) is 6.92 Å². The van der Waals surface area contributed by atoms with Crippen LogP contribution in [-0.4, -0.2) is 43.2 Å². The number of nitrogens with zero attached hydrogens (tertiary/aromatic N) is 5. The Morgan fingerprint density at radius 3 is 2.64 bits per heavy atom. The van der Waals surface area contributed by atoms with Crippen LogP contribution in [0.4, 0.5) is 0 Å². The standard InChI is InChI=1S/C16H23N5O/c1-5-6-21-12(3)8-17-15(21)13-9-20(10-13)16(22)14-7-11(2)19(4)18-14/h7-8,13H,5-6,9-10H2,1-4H3. The molecule has 1 amide bonds. The number of aromatic nitrogens is 4. The lowest BCUT2D eigenvalue weighted by Crippen LogP contribution is -2.49. The Morgan fingerprint density at radius 1 is 1.32 bits per heavy atom. The van der Waals surface area contributed by atoms with Crippen molar-refractivity contribution in [3.8, 4) is 0 Å². The van der Waals surface area contributed by atoms with Gasteiger partial charge in [-0.25, -0.2) is 4.98 Å². The molecule has 0 unspecified atom stereocenters. The van der Waals surface area contributed by atoms with Crippen LogP contribution in [0.5, 0.6) is 0 Å². The van der Waals surface area contributed by atoms with E-state index in [0.29, 0.717) is 11.6 Å². The first kappa shape index (κ1) is 14.8. The molecule has 6 heteroatoms. The molecule has 0 aliphatic carbocycles. The Kier molecular flexibility index (Phi) is 3.76. The third-order valence-electron chi connectivity index (χ3n) is 4.40. The van der Waals surface area contributed by atoms with Crippen molar-refractivity contribution in [2.75, 3.05) is 13.1 Å².